The average Bonchev–Trinajstić information content (AvgIpc) is 1.68. The third kappa shape index (κ3) is 20.1. The minimum absolute atomic E-state index is 0.176. The first kappa shape index (κ1) is 10.7. The number of aliphatic carboxylic acids is 1. The highest BCUT2D eigenvalue weighted by atomic mass is 16.4. The zero-order valence-corrected chi connectivity index (χ0v) is 5.26. The van der Waals surface area contributed by atoms with Gasteiger partial charge in [-0.15, -0.1) is 0 Å². The summed E-state index contributed by atoms with van der Waals surface area (Å²) in [7, 11) is 0. The monoisotopic (exact) mass is 129 g/mol. The normalized spacial score (nSPS) is 6.33. The van der Waals surface area contributed by atoms with Crippen molar-refractivity contribution in [2.75, 3.05) is 0 Å². The minimum Gasteiger partial charge on any atom is -0.478 e. The average molecular weight is 129 g/mol. The summed E-state index contributed by atoms with van der Waals surface area (Å²) >= 11 is 0. The maximum Gasteiger partial charge on any atom is 0.330 e. The summed E-state index contributed by atoms with van der Waals surface area (Å²) in [6.45, 7) is 7.41. The standard InChI is InChI=1S/C4H6O2.C2H3O/c1-3(2)4(5)6;1-2-3/h1H2,2H3,(H,5,6);2H,1H2. The molecule has 0 atom stereocenters. The van der Waals surface area contributed by atoms with Crippen LogP contribution in [0.15, 0.2) is 25.0 Å². The van der Waals surface area contributed by atoms with Crippen molar-refractivity contribution in [1.82, 2.24) is 0 Å². The zero-order valence-electron chi connectivity index (χ0n) is 5.26. The minimum atomic E-state index is -0.935. The second-order valence-electron chi connectivity index (χ2n) is 1.25. The van der Waals surface area contributed by atoms with Gasteiger partial charge in [-0.25, -0.2) is 4.79 Å². The molecule has 0 rings (SSSR count). The van der Waals surface area contributed by atoms with Crippen molar-refractivity contribution >= 4 is 5.97 Å². The Bertz CT molecular complexity index is 103. The second-order valence-corrected chi connectivity index (χ2v) is 1.25. The molecular weight excluding hydrogens is 120 g/mol. The molecule has 0 aromatic rings. The number of hydrogen-bond donors (Lipinski definition) is 1. The Morgan fingerprint density at radius 1 is 1.67 bits per heavy atom. The first-order chi connectivity index (χ1) is 4.06. The Morgan fingerprint density at radius 3 is 1.78 bits per heavy atom. The number of carbonyl (C=O) groups is 1. The van der Waals surface area contributed by atoms with E-state index in [2.05, 4.69) is 13.2 Å². The van der Waals surface area contributed by atoms with Crippen molar-refractivity contribution in [2.45, 2.75) is 6.92 Å². The molecule has 51 valence electrons. The molecule has 3 heteroatoms. The van der Waals surface area contributed by atoms with E-state index in [-0.39, 0.29) is 5.57 Å². The van der Waals surface area contributed by atoms with Crippen LogP contribution in [0, 0.1) is 0 Å². The van der Waals surface area contributed by atoms with E-state index < -0.39 is 5.97 Å². The van der Waals surface area contributed by atoms with Crippen LogP contribution in [-0.4, -0.2) is 11.1 Å². The molecule has 0 saturated heterocycles. The van der Waals surface area contributed by atoms with Gasteiger partial charge in [-0.1, -0.05) is 13.2 Å². The molecule has 0 aliphatic heterocycles. The fourth-order valence-corrected chi connectivity index (χ4v) is 0. The number of carboxylic acids is 1. The Morgan fingerprint density at radius 2 is 1.78 bits per heavy atom. The summed E-state index contributed by atoms with van der Waals surface area (Å²) in [6, 6.07) is 0. The van der Waals surface area contributed by atoms with Gasteiger partial charge in [-0.2, -0.15) is 0 Å². The molecular formula is C6H9O3. The van der Waals surface area contributed by atoms with E-state index in [1.807, 2.05) is 0 Å². The highest BCUT2D eigenvalue weighted by Gasteiger charge is 1.90. The molecule has 0 heterocycles. The molecule has 0 aromatic carbocycles. The van der Waals surface area contributed by atoms with Crippen LogP contribution in [0.4, 0.5) is 0 Å². The molecule has 0 aliphatic carbocycles. The van der Waals surface area contributed by atoms with E-state index in [1.54, 1.807) is 0 Å². The molecule has 9 heavy (non-hydrogen) atoms. The lowest BCUT2D eigenvalue weighted by molar-refractivity contribution is -0.132. The van der Waals surface area contributed by atoms with Gasteiger partial charge in [0.15, 0.2) is 0 Å². The number of hydrogen-bond acceptors (Lipinski definition) is 1. The van der Waals surface area contributed by atoms with Gasteiger partial charge >= 0.3 is 5.97 Å². The lowest BCUT2D eigenvalue weighted by Crippen LogP contribution is -1.92. The molecule has 0 amide bonds. The highest BCUT2D eigenvalue weighted by Crippen LogP contribution is 1.81. The maximum atomic E-state index is 9.60. The van der Waals surface area contributed by atoms with Crippen molar-refractivity contribution in [1.29, 1.82) is 0 Å². The van der Waals surface area contributed by atoms with E-state index in [4.69, 9.17) is 10.2 Å². The van der Waals surface area contributed by atoms with Gasteiger partial charge in [0.1, 0.15) is 6.26 Å². The summed E-state index contributed by atoms with van der Waals surface area (Å²) < 4.78 is 0. The van der Waals surface area contributed by atoms with Crippen LogP contribution in [0.3, 0.4) is 0 Å². The topological polar surface area (TPSA) is 57.2 Å². The molecule has 0 aromatic heterocycles. The van der Waals surface area contributed by atoms with Crippen molar-refractivity contribution in [3.8, 4) is 0 Å². The summed E-state index contributed by atoms with van der Waals surface area (Å²) in [5.74, 6) is -0.935. The Hall–Kier alpha value is -1.25. The van der Waals surface area contributed by atoms with Gasteiger partial charge < -0.3 is 5.11 Å². The quantitative estimate of drug-likeness (QED) is 0.427. The zero-order chi connectivity index (χ0) is 7.86. The maximum absolute atomic E-state index is 9.60. The largest absolute Gasteiger partial charge is 0.478 e. The molecule has 1 radical (unpaired) electrons. The van der Waals surface area contributed by atoms with Crippen molar-refractivity contribution in [2.24, 2.45) is 0 Å². The Labute approximate surface area is 53.9 Å². The molecule has 1 N–H and O–H groups in total. The van der Waals surface area contributed by atoms with Crippen LogP contribution in [-0.2, 0) is 9.90 Å². The fourth-order valence-electron chi connectivity index (χ4n) is 0. The van der Waals surface area contributed by atoms with Gasteiger partial charge in [0.05, 0.1) is 0 Å². The summed E-state index contributed by atoms with van der Waals surface area (Å²) in [6.07, 6.45) is 0.500. The molecule has 0 unspecified atom stereocenters. The van der Waals surface area contributed by atoms with Gasteiger partial charge in [0.25, 0.3) is 0 Å². The third-order valence-electron chi connectivity index (χ3n) is 0.365. The lowest BCUT2D eigenvalue weighted by atomic mass is 10.4. The SMILES string of the molecule is C=C(C)C(=O)O.C=C[O]. The van der Waals surface area contributed by atoms with Crippen LogP contribution >= 0.6 is 0 Å². The van der Waals surface area contributed by atoms with Crippen LogP contribution in [0.25, 0.3) is 0 Å². The molecule has 0 saturated carbocycles. The number of rotatable bonds is 1. The first-order valence-corrected chi connectivity index (χ1v) is 2.18. The smallest absolute Gasteiger partial charge is 0.330 e. The van der Waals surface area contributed by atoms with Gasteiger partial charge in [0.2, 0.25) is 0 Å². The van der Waals surface area contributed by atoms with E-state index in [0.29, 0.717) is 6.26 Å². The third-order valence-corrected chi connectivity index (χ3v) is 0.365. The fraction of sp³-hybridized carbons (Fsp3) is 0.167. The number of carboxylic acid groups (broad SMARTS) is 1. The summed E-state index contributed by atoms with van der Waals surface area (Å²) in [5.41, 5.74) is 0.176. The predicted octanol–water partition coefficient (Wildman–Crippen LogP) is 1.21. The Balaban J connectivity index is 0. The van der Waals surface area contributed by atoms with E-state index >= 15 is 0 Å². The van der Waals surface area contributed by atoms with E-state index in [1.165, 1.54) is 6.92 Å². The molecule has 0 spiro atoms. The van der Waals surface area contributed by atoms with Crippen LogP contribution in [0.2, 0.25) is 0 Å². The molecule has 0 fully saturated rings. The first-order valence-electron chi connectivity index (χ1n) is 2.18. The van der Waals surface area contributed by atoms with E-state index in [0.717, 1.165) is 0 Å². The van der Waals surface area contributed by atoms with Crippen molar-refractivity contribution < 1.29 is 15.0 Å². The van der Waals surface area contributed by atoms with E-state index in [9.17, 15) is 4.79 Å². The molecule has 3 nitrogen and oxygen atoms in total. The van der Waals surface area contributed by atoms with Gasteiger partial charge in [0, 0.05) is 5.57 Å². The van der Waals surface area contributed by atoms with Crippen molar-refractivity contribution in [3.05, 3.63) is 25.0 Å². The molecule has 0 aliphatic rings. The van der Waals surface area contributed by atoms with Crippen molar-refractivity contribution in [3.63, 3.8) is 0 Å². The van der Waals surface area contributed by atoms with Crippen LogP contribution in [0.5, 0.6) is 0 Å². The summed E-state index contributed by atoms with van der Waals surface area (Å²) in [5, 5.41) is 16.6. The highest BCUT2D eigenvalue weighted by molar-refractivity contribution is 5.84. The lowest BCUT2D eigenvalue weighted by Gasteiger charge is -1.79. The van der Waals surface area contributed by atoms with Crippen LogP contribution in [0.1, 0.15) is 6.92 Å². The van der Waals surface area contributed by atoms with Gasteiger partial charge in [-0.3, -0.25) is 5.11 Å². The Kier molecular flexibility index (Phi) is 8.01. The second kappa shape index (κ2) is 6.75. The van der Waals surface area contributed by atoms with Gasteiger partial charge in [-0.05, 0) is 6.92 Å². The molecule has 0 bridgehead atoms. The van der Waals surface area contributed by atoms with Crippen LogP contribution < -0.4 is 0 Å². The predicted molar refractivity (Wildman–Crippen MR) is 33.3 cm³/mol. The summed E-state index contributed by atoms with van der Waals surface area (Å²) in [4.78, 5) is 9.60.